The number of para-hydroxylation sites is 1. The van der Waals surface area contributed by atoms with Crippen LogP contribution >= 0.6 is 0 Å². The second kappa shape index (κ2) is 6.86. The van der Waals surface area contributed by atoms with Crippen LogP contribution in [-0.4, -0.2) is 48.7 Å². The fraction of sp³-hybridized carbons (Fsp3) is 0.389. The lowest BCUT2D eigenvalue weighted by molar-refractivity contribution is 0.0594. The molecule has 1 aliphatic heterocycles. The standard InChI is InChI=1S/C18H22N4O2/c1-13-6-4-5-7-16(13)21-8-9-22(14(2)11-21)17-10-15(18(23)24-3)19-12-20-17/h4-7,10,12,14H,8-9,11H2,1-3H3/t14-/m1/s1. The Morgan fingerprint density at radius 3 is 2.75 bits per heavy atom. The maximum Gasteiger partial charge on any atom is 0.356 e. The van der Waals surface area contributed by atoms with Crippen molar-refractivity contribution in [3.63, 3.8) is 0 Å². The normalized spacial score (nSPS) is 17.7. The molecular formula is C18H22N4O2. The van der Waals surface area contributed by atoms with E-state index in [9.17, 15) is 4.79 Å². The number of hydrogen-bond acceptors (Lipinski definition) is 6. The van der Waals surface area contributed by atoms with E-state index in [0.29, 0.717) is 0 Å². The van der Waals surface area contributed by atoms with Gasteiger partial charge in [0.1, 0.15) is 12.1 Å². The topological polar surface area (TPSA) is 58.6 Å². The van der Waals surface area contributed by atoms with Gasteiger partial charge < -0.3 is 14.5 Å². The number of nitrogens with zero attached hydrogens (tertiary/aromatic N) is 4. The second-order valence-corrected chi connectivity index (χ2v) is 6.03. The Morgan fingerprint density at radius 2 is 2.04 bits per heavy atom. The summed E-state index contributed by atoms with van der Waals surface area (Å²) < 4.78 is 4.74. The predicted octanol–water partition coefficient (Wildman–Crippen LogP) is 2.29. The van der Waals surface area contributed by atoms with Crippen LogP contribution in [0.25, 0.3) is 0 Å². The predicted molar refractivity (Wildman–Crippen MR) is 93.6 cm³/mol. The largest absolute Gasteiger partial charge is 0.464 e. The molecule has 0 amide bonds. The first kappa shape index (κ1) is 16.2. The number of aryl methyl sites for hydroxylation is 1. The molecule has 6 heteroatoms. The number of piperazine rings is 1. The van der Waals surface area contributed by atoms with Crippen molar-refractivity contribution in [2.45, 2.75) is 19.9 Å². The summed E-state index contributed by atoms with van der Waals surface area (Å²) in [5.74, 6) is 0.326. The number of esters is 1. The summed E-state index contributed by atoms with van der Waals surface area (Å²) in [5.41, 5.74) is 2.85. The number of hydrogen-bond donors (Lipinski definition) is 0. The van der Waals surface area contributed by atoms with Crippen molar-refractivity contribution < 1.29 is 9.53 Å². The number of carbonyl (C=O) groups excluding carboxylic acids is 1. The van der Waals surface area contributed by atoms with Crippen molar-refractivity contribution in [1.82, 2.24) is 9.97 Å². The monoisotopic (exact) mass is 326 g/mol. The van der Waals surface area contributed by atoms with Crippen LogP contribution in [0.4, 0.5) is 11.5 Å². The van der Waals surface area contributed by atoms with Crippen molar-refractivity contribution >= 4 is 17.5 Å². The van der Waals surface area contributed by atoms with Crippen LogP contribution < -0.4 is 9.80 Å². The van der Waals surface area contributed by atoms with E-state index >= 15 is 0 Å². The molecule has 1 aromatic carbocycles. The van der Waals surface area contributed by atoms with E-state index in [2.05, 4.69) is 57.9 Å². The van der Waals surface area contributed by atoms with Gasteiger partial charge in [0.25, 0.3) is 0 Å². The zero-order valence-electron chi connectivity index (χ0n) is 14.3. The highest BCUT2D eigenvalue weighted by Gasteiger charge is 2.26. The summed E-state index contributed by atoms with van der Waals surface area (Å²) >= 11 is 0. The third kappa shape index (κ3) is 3.18. The molecule has 0 saturated carbocycles. The molecule has 0 N–H and O–H groups in total. The molecule has 0 spiro atoms. The van der Waals surface area contributed by atoms with Gasteiger partial charge in [-0.1, -0.05) is 18.2 Å². The second-order valence-electron chi connectivity index (χ2n) is 6.03. The molecule has 0 unspecified atom stereocenters. The Bertz CT molecular complexity index is 734. The number of anilines is 2. The molecule has 1 fully saturated rings. The molecule has 1 saturated heterocycles. The lowest BCUT2D eigenvalue weighted by Crippen LogP contribution is -2.52. The fourth-order valence-electron chi connectivity index (χ4n) is 3.16. The summed E-state index contributed by atoms with van der Waals surface area (Å²) in [6.07, 6.45) is 1.42. The average molecular weight is 326 g/mol. The molecule has 1 aromatic heterocycles. The lowest BCUT2D eigenvalue weighted by Gasteiger charge is -2.42. The summed E-state index contributed by atoms with van der Waals surface area (Å²) in [6, 6.07) is 10.4. The third-order valence-electron chi connectivity index (χ3n) is 4.43. The third-order valence-corrected chi connectivity index (χ3v) is 4.43. The van der Waals surface area contributed by atoms with E-state index in [1.54, 1.807) is 6.07 Å². The SMILES string of the molecule is COC(=O)c1cc(N2CCN(c3ccccc3C)C[C@H]2C)ncn1. The van der Waals surface area contributed by atoms with E-state index in [0.717, 1.165) is 25.5 Å². The minimum absolute atomic E-state index is 0.277. The molecule has 24 heavy (non-hydrogen) atoms. The Balaban J connectivity index is 1.77. The van der Waals surface area contributed by atoms with Crippen LogP contribution in [0.3, 0.4) is 0 Å². The van der Waals surface area contributed by atoms with Crippen molar-refractivity contribution in [2.24, 2.45) is 0 Å². The summed E-state index contributed by atoms with van der Waals surface area (Å²) in [5, 5.41) is 0. The molecule has 6 nitrogen and oxygen atoms in total. The summed E-state index contributed by atoms with van der Waals surface area (Å²) in [4.78, 5) is 24.6. The maximum absolute atomic E-state index is 11.7. The summed E-state index contributed by atoms with van der Waals surface area (Å²) in [7, 11) is 1.35. The number of benzene rings is 1. The van der Waals surface area contributed by atoms with Crippen LogP contribution in [0.1, 0.15) is 23.0 Å². The molecule has 0 radical (unpaired) electrons. The van der Waals surface area contributed by atoms with Crippen LogP contribution in [0, 0.1) is 6.92 Å². The molecule has 2 aromatic rings. The Kier molecular flexibility index (Phi) is 4.64. The van der Waals surface area contributed by atoms with Gasteiger partial charge in [-0.05, 0) is 25.5 Å². The molecule has 1 aliphatic rings. The fourth-order valence-corrected chi connectivity index (χ4v) is 3.16. The molecule has 2 heterocycles. The van der Waals surface area contributed by atoms with Crippen molar-refractivity contribution in [2.75, 3.05) is 36.5 Å². The molecule has 126 valence electrons. The van der Waals surface area contributed by atoms with Gasteiger partial charge in [0.15, 0.2) is 5.69 Å². The zero-order valence-corrected chi connectivity index (χ0v) is 14.3. The number of ether oxygens (including phenoxy) is 1. The maximum atomic E-state index is 11.7. The quantitative estimate of drug-likeness (QED) is 0.807. The zero-order chi connectivity index (χ0) is 17.1. The van der Waals surface area contributed by atoms with E-state index in [1.807, 2.05) is 0 Å². The van der Waals surface area contributed by atoms with Gasteiger partial charge in [0.05, 0.1) is 7.11 Å². The molecule has 0 bridgehead atoms. The average Bonchev–Trinajstić information content (AvgIpc) is 2.61. The van der Waals surface area contributed by atoms with Gasteiger partial charge >= 0.3 is 5.97 Å². The van der Waals surface area contributed by atoms with E-state index in [4.69, 9.17) is 4.74 Å². The van der Waals surface area contributed by atoms with Gasteiger partial charge in [-0.25, -0.2) is 14.8 Å². The van der Waals surface area contributed by atoms with E-state index in [-0.39, 0.29) is 11.7 Å². The minimum Gasteiger partial charge on any atom is -0.464 e. The minimum atomic E-state index is -0.440. The molecular weight excluding hydrogens is 304 g/mol. The first-order valence-electron chi connectivity index (χ1n) is 8.07. The van der Waals surface area contributed by atoms with Crippen molar-refractivity contribution in [1.29, 1.82) is 0 Å². The van der Waals surface area contributed by atoms with Gasteiger partial charge in [0, 0.05) is 37.4 Å². The number of aromatic nitrogens is 2. The Morgan fingerprint density at radius 1 is 1.25 bits per heavy atom. The highest BCUT2D eigenvalue weighted by Crippen LogP contribution is 2.25. The van der Waals surface area contributed by atoms with Gasteiger partial charge in [0.2, 0.25) is 0 Å². The van der Waals surface area contributed by atoms with Gasteiger partial charge in [-0.15, -0.1) is 0 Å². The van der Waals surface area contributed by atoms with E-state index in [1.165, 1.54) is 24.7 Å². The highest BCUT2D eigenvalue weighted by molar-refractivity contribution is 5.87. The van der Waals surface area contributed by atoms with Crippen molar-refractivity contribution in [3.8, 4) is 0 Å². The number of methoxy groups -OCH3 is 1. The van der Waals surface area contributed by atoms with Gasteiger partial charge in [-0.2, -0.15) is 0 Å². The van der Waals surface area contributed by atoms with Crippen LogP contribution in [-0.2, 0) is 4.74 Å². The molecule has 0 aliphatic carbocycles. The lowest BCUT2D eigenvalue weighted by atomic mass is 10.1. The first-order valence-corrected chi connectivity index (χ1v) is 8.07. The van der Waals surface area contributed by atoms with Crippen molar-refractivity contribution in [3.05, 3.63) is 47.9 Å². The first-order chi connectivity index (χ1) is 11.6. The Hall–Kier alpha value is -2.63. The number of carbonyl (C=O) groups is 1. The van der Waals surface area contributed by atoms with Crippen LogP contribution in [0.15, 0.2) is 36.7 Å². The van der Waals surface area contributed by atoms with E-state index < -0.39 is 5.97 Å². The highest BCUT2D eigenvalue weighted by atomic mass is 16.5. The van der Waals surface area contributed by atoms with Crippen LogP contribution in [0.2, 0.25) is 0 Å². The Labute approximate surface area is 142 Å². The molecule has 1 atom stereocenters. The smallest absolute Gasteiger partial charge is 0.356 e. The molecule has 3 rings (SSSR count). The van der Waals surface area contributed by atoms with Crippen LogP contribution in [0.5, 0.6) is 0 Å². The summed E-state index contributed by atoms with van der Waals surface area (Å²) in [6.45, 7) is 6.96. The van der Waals surface area contributed by atoms with Gasteiger partial charge in [-0.3, -0.25) is 0 Å². The number of rotatable bonds is 3.